The highest BCUT2D eigenvalue weighted by Gasteiger charge is 2.36. The van der Waals surface area contributed by atoms with Crippen LogP contribution in [0, 0.1) is 6.92 Å². The summed E-state index contributed by atoms with van der Waals surface area (Å²) in [6.07, 6.45) is 3.85. The van der Waals surface area contributed by atoms with E-state index in [0.29, 0.717) is 12.6 Å². The molecule has 37 heavy (non-hydrogen) atoms. The van der Waals surface area contributed by atoms with E-state index in [9.17, 15) is 4.79 Å². The van der Waals surface area contributed by atoms with Gasteiger partial charge in [-0.15, -0.1) is 0 Å². The minimum Gasteiger partial charge on any atom is -0.362 e. The Hall–Kier alpha value is -2.86. The Morgan fingerprint density at radius 3 is 2.68 bits per heavy atom. The summed E-state index contributed by atoms with van der Waals surface area (Å²) in [6.45, 7) is 10.9. The van der Waals surface area contributed by atoms with Crippen molar-refractivity contribution < 1.29 is 4.84 Å². The van der Waals surface area contributed by atoms with E-state index in [1.807, 2.05) is 17.6 Å². The number of hydroxylamine groups is 1. The predicted molar refractivity (Wildman–Crippen MR) is 147 cm³/mol. The van der Waals surface area contributed by atoms with Gasteiger partial charge in [-0.25, -0.2) is 24.1 Å². The number of rotatable bonds is 8. The van der Waals surface area contributed by atoms with E-state index in [0.717, 1.165) is 64.0 Å². The number of nitrogens with zero attached hydrogens (tertiary/aromatic N) is 7. The van der Waals surface area contributed by atoms with E-state index < -0.39 is 0 Å². The van der Waals surface area contributed by atoms with Crippen LogP contribution >= 0.6 is 11.3 Å². The zero-order valence-electron chi connectivity index (χ0n) is 22.4. The van der Waals surface area contributed by atoms with E-state index in [2.05, 4.69) is 53.2 Å². The van der Waals surface area contributed by atoms with E-state index in [-0.39, 0.29) is 17.6 Å². The van der Waals surface area contributed by atoms with Crippen molar-refractivity contribution in [1.29, 1.82) is 0 Å². The number of imidazole rings is 1. The molecule has 0 spiro atoms. The first-order valence-electron chi connectivity index (χ1n) is 12.9. The van der Waals surface area contributed by atoms with Crippen LogP contribution in [0.3, 0.4) is 0 Å². The van der Waals surface area contributed by atoms with Gasteiger partial charge in [-0.05, 0) is 38.8 Å². The predicted octanol–water partition coefficient (Wildman–Crippen LogP) is 3.44. The number of aromatic nitrogens is 5. The van der Waals surface area contributed by atoms with Gasteiger partial charge in [-0.2, -0.15) is 5.48 Å². The summed E-state index contributed by atoms with van der Waals surface area (Å²) in [7, 11) is 3.36. The number of hydrogen-bond acceptors (Lipinski definition) is 9. The summed E-state index contributed by atoms with van der Waals surface area (Å²) in [5.74, 6) is 0. The summed E-state index contributed by atoms with van der Waals surface area (Å²) in [4.78, 5) is 38.4. The number of pyridine rings is 1. The van der Waals surface area contributed by atoms with Crippen molar-refractivity contribution in [2.45, 2.75) is 65.2 Å². The molecule has 198 valence electrons. The van der Waals surface area contributed by atoms with E-state index in [1.165, 1.54) is 0 Å². The average molecular weight is 525 g/mol. The lowest BCUT2D eigenvalue weighted by Gasteiger charge is -2.49. The van der Waals surface area contributed by atoms with Gasteiger partial charge in [0.2, 0.25) is 0 Å². The highest BCUT2D eigenvalue weighted by atomic mass is 32.1. The lowest BCUT2D eigenvalue weighted by molar-refractivity contribution is 0.0859. The molecule has 3 atom stereocenters. The normalized spacial score (nSPS) is 19.8. The van der Waals surface area contributed by atoms with Crippen LogP contribution < -0.4 is 15.9 Å². The average Bonchev–Trinajstić information content (AvgIpc) is 3.50. The molecule has 10 nitrogen and oxygen atoms in total. The SMILES string of the molecule is CC[C@H]1CN(C(C)c2ccc3nc(C)sc3n2)[C@H](CC)CN1c1cc(=O)n(C)n2cc(CNOC)nc12. The molecule has 1 fully saturated rings. The molecule has 1 N–H and O–H groups in total. The van der Waals surface area contributed by atoms with Crippen LogP contribution in [0.15, 0.2) is 29.2 Å². The van der Waals surface area contributed by atoms with Crippen molar-refractivity contribution in [2.75, 3.05) is 25.1 Å². The fraction of sp³-hybridized carbons (Fsp3) is 0.538. The van der Waals surface area contributed by atoms with Crippen molar-refractivity contribution in [1.82, 2.24) is 34.5 Å². The molecule has 4 aromatic heterocycles. The largest absolute Gasteiger partial charge is 0.362 e. The Kier molecular flexibility index (Phi) is 7.30. The highest BCUT2D eigenvalue weighted by molar-refractivity contribution is 7.18. The Bertz CT molecular complexity index is 1460. The second kappa shape index (κ2) is 10.5. The highest BCUT2D eigenvalue weighted by Crippen LogP contribution is 2.33. The third kappa shape index (κ3) is 4.76. The number of thiazole rings is 1. The second-order valence-corrected chi connectivity index (χ2v) is 10.9. The summed E-state index contributed by atoms with van der Waals surface area (Å²) >= 11 is 1.65. The fourth-order valence-corrected chi connectivity index (χ4v) is 6.24. The number of nitrogens with one attached hydrogen (secondary N) is 1. The molecule has 5 heterocycles. The van der Waals surface area contributed by atoms with Crippen molar-refractivity contribution in [3.8, 4) is 0 Å². The summed E-state index contributed by atoms with van der Waals surface area (Å²) in [6, 6.07) is 6.69. The Balaban J connectivity index is 1.49. The molecule has 1 saturated heterocycles. The lowest BCUT2D eigenvalue weighted by atomic mass is 9.98. The van der Waals surface area contributed by atoms with Crippen LogP contribution in [-0.2, 0) is 18.4 Å². The number of fused-ring (bicyclic) bond motifs is 2. The van der Waals surface area contributed by atoms with Gasteiger partial charge < -0.3 is 9.74 Å². The Morgan fingerprint density at radius 2 is 1.95 bits per heavy atom. The van der Waals surface area contributed by atoms with Crippen molar-refractivity contribution in [3.63, 3.8) is 0 Å². The summed E-state index contributed by atoms with van der Waals surface area (Å²) < 4.78 is 3.45. The molecule has 0 bridgehead atoms. The van der Waals surface area contributed by atoms with Crippen LogP contribution in [-0.4, -0.2) is 61.3 Å². The van der Waals surface area contributed by atoms with Gasteiger partial charge in [-0.3, -0.25) is 9.69 Å². The van der Waals surface area contributed by atoms with Crippen molar-refractivity contribution >= 4 is 33.0 Å². The van der Waals surface area contributed by atoms with Gasteiger partial charge >= 0.3 is 0 Å². The smallest absolute Gasteiger partial charge is 0.267 e. The van der Waals surface area contributed by atoms with E-state index in [4.69, 9.17) is 14.8 Å². The molecular weight excluding hydrogens is 488 g/mol. The van der Waals surface area contributed by atoms with Crippen molar-refractivity contribution in [3.05, 3.63) is 51.1 Å². The standard InChI is InChI=1S/C26H36N8O2S/c1-7-19-15-33(23-11-24(35)31(5)34-13-18(12-27-36-6)29-25(23)34)20(8-2)14-32(19)16(3)21-9-10-22-26(30-21)37-17(4)28-22/h9-11,13,16,19-20,27H,7-8,12,14-15H2,1-6H3/t16?,19-,20+/m1/s1. The monoisotopic (exact) mass is 524 g/mol. The number of hydrogen-bond donors (Lipinski definition) is 1. The third-order valence-electron chi connectivity index (χ3n) is 7.57. The Morgan fingerprint density at radius 1 is 1.16 bits per heavy atom. The summed E-state index contributed by atoms with van der Waals surface area (Å²) in [5, 5.41) is 1.04. The van der Waals surface area contributed by atoms with Gasteiger partial charge in [0.05, 0.1) is 41.9 Å². The quantitative estimate of drug-likeness (QED) is 0.351. The van der Waals surface area contributed by atoms with Gasteiger partial charge in [0.1, 0.15) is 10.3 Å². The van der Waals surface area contributed by atoms with Crippen molar-refractivity contribution in [2.24, 2.45) is 7.05 Å². The minimum absolute atomic E-state index is 0.0535. The lowest BCUT2D eigenvalue weighted by Crippen LogP contribution is -2.59. The zero-order chi connectivity index (χ0) is 26.3. The first-order valence-corrected chi connectivity index (χ1v) is 13.8. The number of anilines is 1. The van der Waals surface area contributed by atoms with Gasteiger partial charge in [0.15, 0.2) is 5.65 Å². The first-order chi connectivity index (χ1) is 17.8. The number of piperazine rings is 1. The maximum absolute atomic E-state index is 13.0. The molecular formula is C26H36N8O2S. The molecule has 0 saturated carbocycles. The van der Waals surface area contributed by atoms with E-state index >= 15 is 0 Å². The first kappa shape index (κ1) is 25.8. The molecule has 1 unspecified atom stereocenters. The summed E-state index contributed by atoms with van der Waals surface area (Å²) in [5.41, 5.74) is 7.34. The third-order valence-corrected chi connectivity index (χ3v) is 8.45. The minimum atomic E-state index is -0.0535. The molecule has 1 aliphatic rings. The molecule has 5 rings (SSSR count). The van der Waals surface area contributed by atoms with Crippen LogP contribution in [0.2, 0.25) is 0 Å². The molecule has 0 aliphatic carbocycles. The van der Waals surface area contributed by atoms with E-state index in [1.54, 1.807) is 36.2 Å². The maximum Gasteiger partial charge on any atom is 0.267 e. The number of aryl methyl sites for hydroxylation is 2. The zero-order valence-corrected chi connectivity index (χ0v) is 23.2. The Labute approximate surface area is 220 Å². The molecule has 0 amide bonds. The van der Waals surface area contributed by atoms with Gasteiger partial charge in [-0.1, -0.05) is 25.2 Å². The molecule has 0 radical (unpaired) electrons. The van der Waals surface area contributed by atoms with Crippen LogP contribution in [0.25, 0.3) is 16.0 Å². The molecule has 11 heteroatoms. The molecule has 1 aliphatic heterocycles. The van der Waals surface area contributed by atoms with Crippen LogP contribution in [0.4, 0.5) is 5.69 Å². The molecule has 0 aromatic carbocycles. The topological polar surface area (TPSA) is 92.8 Å². The van der Waals surface area contributed by atoms with Crippen LogP contribution in [0.5, 0.6) is 0 Å². The fourth-order valence-electron chi connectivity index (χ4n) is 5.44. The van der Waals surface area contributed by atoms with Gasteiger partial charge in [0, 0.05) is 44.3 Å². The molecule has 4 aromatic rings. The maximum atomic E-state index is 13.0. The second-order valence-electron chi connectivity index (χ2n) is 9.76. The van der Waals surface area contributed by atoms with Gasteiger partial charge in [0.25, 0.3) is 5.56 Å². The van der Waals surface area contributed by atoms with Crippen LogP contribution in [0.1, 0.15) is 56.1 Å².